The molecule has 0 radical (unpaired) electrons. The molecular weight excluding hydrogens is 354 g/mol. The zero-order valence-corrected chi connectivity index (χ0v) is 16.4. The van der Waals surface area contributed by atoms with Crippen LogP contribution < -0.4 is 10.6 Å². The molecule has 138 valence electrons. The van der Waals surface area contributed by atoms with Gasteiger partial charge in [0.05, 0.1) is 15.7 Å². The molecular formula is C21H23N5S. The van der Waals surface area contributed by atoms with Crippen molar-refractivity contribution in [1.29, 1.82) is 0 Å². The number of hydrogen-bond donors (Lipinski definition) is 2. The van der Waals surface area contributed by atoms with E-state index in [1.807, 2.05) is 11.7 Å². The quantitative estimate of drug-likeness (QED) is 0.558. The monoisotopic (exact) mass is 377 g/mol. The summed E-state index contributed by atoms with van der Waals surface area (Å²) >= 11 is 1.76. The lowest BCUT2D eigenvalue weighted by molar-refractivity contribution is 0.479. The largest absolute Gasteiger partial charge is 0.359 e. The maximum atomic E-state index is 4.87. The Balaban J connectivity index is 1.51. The van der Waals surface area contributed by atoms with E-state index in [1.165, 1.54) is 26.8 Å². The molecule has 6 heteroatoms. The van der Waals surface area contributed by atoms with E-state index < -0.39 is 0 Å². The highest BCUT2D eigenvalue weighted by molar-refractivity contribution is 7.22. The Kier molecular flexibility index (Phi) is 4.10. The van der Waals surface area contributed by atoms with E-state index in [0.29, 0.717) is 6.04 Å². The number of fused-ring (bicyclic) bond motifs is 2. The minimum Gasteiger partial charge on any atom is -0.359 e. The van der Waals surface area contributed by atoms with Crippen molar-refractivity contribution in [2.45, 2.75) is 25.8 Å². The molecule has 2 N–H and O–H groups in total. The molecule has 0 saturated carbocycles. The fourth-order valence-corrected chi connectivity index (χ4v) is 4.95. The maximum absolute atomic E-state index is 4.87. The van der Waals surface area contributed by atoms with Gasteiger partial charge >= 0.3 is 0 Å². The SMILES string of the molecule is Cc1cc(-c2ccc3nn(C)cc3c2)cc2sc(NC3CCNCC3)nc12. The first kappa shape index (κ1) is 16.7. The predicted octanol–water partition coefficient (Wildman–Crippen LogP) is 4.32. The Hall–Kier alpha value is -2.44. The van der Waals surface area contributed by atoms with Gasteiger partial charge in [-0.2, -0.15) is 5.10 Å². The fraction of sp³-hybridized carbons (Fsp3) is 0.333. The van der Waals surface area contributed by atoms with Gasteiger partial charge in [-0.25, -0.2) is 4.98 Å². The van der Waals surface area contributed by atoms with Gasteiger partial charge in [-0.05, 0) is 73.8 Å². The third kappa shape index (κ3) is 3.19. The summed E-state index contributed by atoms with van der Waals surface area (Å²) in [5.74, 6) is 0. The molecule has 0 aliphatic carbocycles. The number of nitrogens with one attached hydrogen (secondary N) is 2. The molecule has 0 spiro atoms. The number of thiazole rings is 1. The minimum absolute atomic E-state index is 0.527. The van der Waals surface area contributed by atoms with Crippen LogP contribution in [0.4, 0.5) is 5.13 Å². The molecule has 0 bridgehead atoms. The molecule has 2 aromatic carbocycles. The first-order valence-corrected chi connectivity index (χ1v) is 10.3. The predicted molar refractivity (Wildman–Crippen MR) is 114 cm³/mol. The van der Waals surface area contributed by atoms with Crippen LogP contribution in [0.3, 0.4) is 0 Å². The molecule has 0 amide bonds. The molecule has 1 fully saturated rings. The van der Waals surface area contributed by atoms with Crippen molar-refractivity contribution in [3.8, 4) is 11.1 Å². The van der Waals surface area contributed by atoms with Crippen molar-refractivity contribution in [3.63, 3.8) is 0 Å². The smallest absolute Gasteiger partial charge is 0.184 e. The summed E-state index contributed by atoms with van der Waals surface area (Å²) in [6.45, 7) is 4.33. The summed E-state index contributed by atoms with van der Waals surface area (Å²) < 4.78 is 3.11. The van der Waals surface area contributed by atoms with Crippen LogP contribution >= 0.6 is 11.3 Å². The number of hydrogen-bond acceptors (Lipinski definition) is 5. The Morgan fingerprint density at radius 2 is 2.00 bits per heavy atom. The molecule has 2 aromatic heterocycles. The summed E-state index contributed by atoms with van der Waals surface area (Å²) in [5.41, 5.74) is 5.83. The second-order valence-corrected chi connectivity index (χ2v) is 8.43. The van der Waals surface area contributed by atoms with Crippen molar-refractivity contribution in [1.82, 2.24) is 20.1 Å². The van der Waals surface area contributed by atoms with Gasteiger partial charge in [0.25, 0.3) is 0 Å². The van der Waals surface area contributed by atoms with Gasteiger partial charge in [0.15, 0.2) is 5.13 Å². The number of aromatic nitrogens is 3. The number of aryl methyl sites for hydroxylation is 2. The van der Waals surface area contributed by atoms with Crippen LogP contribution in [0.5, 0.6) is 0 Å². The van der Waals surface area contributed by atoms with Crippen molar-refractivity contribution in [2.24, 2.45) is 7.05 Å². The molecule has 5 nitrogen and oxygen atoms in total. The Labute approximate surface area is 162 Å². The standard InChI is InChI=1S/C21H23N5S/c1-13-9-15(14-3-4-18-16(10-14)12-26(2)25-18)11-19-20(13)24-21(27-19)23-17-5-7-22-8-6-17/h3-4,9-12,17,22H,5-8H2,1-2H3,(H,23,24). The van der Waals surface area contributed by atoms with E-state index in [4.69, 9.17) is 4.98 Å². The molecule has 3 heterocycles. The van der Waals surface area contributed by atoms with Crippen molar-refractivity contribution >= 4 is 37.6 Å². The van der Waals surface area contributed by atoms with Gasteiger partial charge < -0.3 is 10.6 Å². The van der Waals surface area contributed by atoms with Crippen LogP contribution in [0.2, 0.25) is 0 Å². The summed E-state index contributed by atoms with van der Waals surface area (Å²) in [7, 11) is 1.96. The third-order valence-corrected chi connectivity index (χ3v) is 6.24. The number of piperidine rings is 1. The van der Waals surface area contributed by atoms with Crippen LogP contribution in [0, 0.1) is 6.92 Å². The van der Waals surface area contributed by atoms with E-state index in [9.17, 15) is 0 Å². The lowest BCUT2D eigenvalue weighted by atomic mass is 10.0. The maximum Gasteiger partial charge on any atom is 0.184 e. The molecule has 1 aliphatic heterocycles. The third-order valence-electron chi connectivity index (χ3n) is 5.30. The normalized spacial score (nSPS) is 15.6. The van der Waals surface area contributed by atoms with E-state index >= 15 is 0 Å². The average Bonchev–Trinajstić information content (AvgIpc) is 3.24. The highest BCUT2D eigenvalue weighted by Gasteiger charge is 2.16. The molecule has 5 rings (SSSR count). The second kappa shape index (κ2) is 6.62. The zero-order chi connectivity index (χ0) is 18.4. The minimum atomic E-state index is 0.527. The first-order chi connectivity index (χ1) is 13.2. The van der Waals surface area contributed by atoms with E-state index in [2.05, 4.69) is 59.2 Å². The van der Waals surface area contributed by atoms with Crippen LogP contribution in [-0.4, -0.2) is 33.9 Å². The highest BCUT2D eigenvalue weighted by atomic mass is 32.1. The van der Waals surface area contributed by atoms with Crippen molar-refractivity contribution < 1.29 is 0 Å². The summed E-state index contributed by atoms with van der Waals surface area (Å²) in [6.07, 6.45) is 4.38. The van der Waals surface area contributed by atoms with Crippen LogP contribution in [0.25, 0.3) is 32.2 Å². The molecule has 1 aliphatic rings. The van der Waals surface area contributed by atoms with Gasteiger partial charge in [-0.3, -0.25) is 4.68 Å². The van der Waals surface area contributed by atoms with E-state index in [1.54, 1.807) is 11.3 Å². The summed E-state index contributed by atoms with van der Waals surface area (Å²) in [6, 6.07) is 11.5. The molecule has 0 unspecified atom stereocenters. The van der Waals surface area contributed by atoms with Gasteiger partial charge in [0, 0.05) is 24.7 Å². The van der Waals surface area contributed by atoms with Crippen molar-refractivity contribution in [2.75, 3.05) is 18.4 Å². The molecule has 4 aromatic rings. The Morgan fingerprint density at radius 1 is 1.15 bits per heavy atom. The topological polar surface area (TPSA) is 54.8 Å². The molecule has 1 saturated heterocycles. The van der Waals surface area contributed by atoms with Gasteiger partial charge in [-0.1, -0.05) is 17.4 Å². The lowest BCUT2D eigenvalue weighted by Gasteiger charge is -2.23. The first-order valence-electron chi connectivity index (χ1n) is 9.48. The van der Waals surface area contributed by atoms with Crippen molar-refractivity contribution in [3.05, 3.63) is 42.1 Å². The second-order valence-electron chi connectivity index (χ2n) is 7.40. The molecule has 0 atom stereocenters. The number of benzene rings is 2. The number of rotatable bonds is 3. The zero-order valence-electron chi connectivity index (χ0n) is 15.6. The van der Waals surface area contributed by atoms with E-state index in [-0.39, 0.29) is 0 Å². The lowest BCUT2D eigenvalue weighted by Crippen LogP contribution is -2.35. The Bertz CT molecular complexity index is 1120. The van der Waals surface area contributed by atoms with Gasteiger partial charge in [0.1, 0.15) is 0 Å². The van der Waals surface area contributed by atoms with E-state index in [0.717, 1.165) is 42.1 Å². The average molecular weight is 378 g/mol. The summed E-state index contributed by atoms with van der Waals surface area (Å²) in [4.78, 5) is 4.87. The Morgan fingerprint density at radius 3 is 2.85 bits per heavy atom. The van der Waals surface area contributed by atoms with Crippen LogP contribution in [-0.2, 0) is 7.05 Å². The van der Waals surface area contributed by atoms with Crippen LogP contribution in [0.15, 0.2) is 36.5 Å². The summed E-state index contributed by atoms with van der Waals surface area (Å²) in [5, 5.41) is 13.7. The number of nitrogens with zero attached hydrogens (tertiary/aromatic N) is 3. The fourth-order valence-electron chi connectivity index (χ4n) is 3.89. The number of anilines is 1. The van der Waals surface area contributed by atoms with Crippen LogP contribution in [0.1, 0.15) is 18.4 Å². The highest BCUT2D eigenvalue weighted by Crippen LogP contribution is 2.34. The van der Waals surface area contributed by atoms with Gasteiger partial charge in [0.2, 0.25) is 0 Å². The molecule has 27 heavy (non-hydrogen) atoms. The van der Waals surface area contributed by atoms with Gasteiger partial charge in [-0.15, -0.1) is 0 Å².